The van der Waals surface area contributed by atoms with E-state index in [0.717, 1.165) is 45.6 Å². The van der Waals surface area contributed by atoms with Crippen molar-refractivity contribution in [1.29, 1.82) is 0 Å². The van der Waals surface area contributed by atoms with Gasteiger partial charge in [-0.15, -0.1) is 0 Å². The lowest BCUT2D eigenvalue weighted by Gasteiger charge is -2.22. The van der Waals surface area contributed by atoms with Gasteiger partial charge in [-0.2, -0.15) is 15.0 Å². The molecule has 0 radical (unpaired) electrons. The van der Waals surface area contributed by atoms with Crippen molar-refractivity contribution in [2.24, 2.45) is 5.92 Å². The van der Waals surface area contributed by atoms with Crippen LogP contribution >= 0.6 is 0 Å². The molecule has 0 unspecified atom stereocenters. The molecule has 0 spiro atoms. The average Bonchev–Trinajstić information content (AvgIpc) is 2.52. The summed E-state index contributed by atoms with van der Waals surface area (Å²) in [6, 6.07) is 0.372. The summed E-state index contributed by atoms with van der Waals surface area (Å²) in [5.74, 6) is 1.73. The molecular weight excluding hydrogens is 270 g/mol. The Morgan fingerprint density at radius 3 is 2.48 bits per heavy atom. The molecule has 2 rings (SSSR count). The number of hydrogen-bond acceptors (Lipinski definition) is 7. The Morgan fingerprint density at radius 2 is 1.81 bits per heavy atom. The van der Waals surface area contributed by atoms with Gasteiger partial charge in [-0.25, -0.2) is 0 Å². The summed E-state index contributed by atoms with van der Waals surface area (Å²) < 4.78 is 10.9. The Kier molecular flexibility index (Phi) is 6.46. The molecule has 21 heavy (non-hydrogen) atoms. The van der Waals surface area contributed by atoms with Gasteiger partial charge in [-0.1, -0.05) is 6.92 Å². The van der Waals surface area contributed by atoms with Crippen molar-refractivity contribution in [3.63, 3.8) is 0 Å². The highest BCUT2D eigenvalue weighted by molar-refractivity contribution is 5.35. The van der Waals surface area contributed by atoms with Crippen molar-refractivity contribution in [3.05, 3.63) is 0 Å². The Morgan fingerprint density at radius 1 is 1.10 bits per heavy atom. The maximum atomic E-state index is 5.51. The molecular formula is C14H25N5O2. The molecule has 0 amide bonds. The predicted octanol–water partition coefficient (Wildman–Crippen LogP) is 1.93. The summed E-state index contributed by atoms with van der Waals surface area (Å²) in [7, 11) is 0. The van der Waals surface area contributed by atoms with E-state index in [9.17, 15) is 0 Å². The molecule has 1 fully saturated rings. The van der Waals surface area contributed by atoms with E-state index in [1.54, 1.807) is 0 Å². The van der Waals surface area contributed by atoms with Gasteiger partial charge in [0, 0.05) is 26.3 Å². The fourth-order valence-electron chi connectivity index (χ4n) is 2.12. The largest absolute Gasteiger partial charge is 0.463 e. The van der Waals surface area contributed by atoms with Gasteiger partial charge in [0.1, 0.15) is 0 Å². The predicted molar refractivity (Wildman–Crippen MR) is 81.8 cm³/mol. The van der Waals surface area contributed by atoms with Crippen LogP contribution in [-0.4, -0.2) is 47.9 Å². The van der Waals surface area contributed by atoms with Crippen LogP contribution in [0.5, 0.6) is 6.01 Å². The zero-order chi connectivity index (χ0) is 14.9. The standard InChI is InChI=1S/C14H25N5O2/c1-3-7-21-14-18-12(15-4-2)17-13(19-14)16-10-11-5-8-20-9-6-11/h11H,3-10H2,1-2H3,(H2,15,16,17,18,19). The second-order valence-corrected chi connectivity index (χ2v) is 5.08. The Bertz CT molecular complexity index is 424. The zero-order valence-electron chi connectivity index (χ0n) is 12.9. The maximum Gasteiger partial charge on any atom is 0.323 e. The third-order valence-corrected chi connectivity index (χ3v) is 3.27. The summed E-state index contributed by atoms with van der Waals surface area (Å²) in [6.07, 6.45) is 3.09. The molecule has 7 heteroatoms. The van der Waals surface area contributed by atoms with Crippen molar-refractivity contribution in [3.8, 4) is 6.01 Å². The number of nitrogens with zero attached hydrogens (tertiary/aromatic N) is 3. The molecule has 1 saturated heterocycles. The van der Waals surface area contributed by atoms with Crippen LogP contribution < -0.4 is 15.4 Å². The van der Waals surface area contributed by atoms with Crippen molar-refractivity contribution >= 4 is 11.9 Å². The summed E-state index contributed by atoms with van der Waals surface area (Å²) in [5, 5.41) is 6.39. The fourth-order valence-corrected chi connectivity index (χ4v) is 2.12. The second-order valence-electron chi connectivity index (χ2n) is 5.08. The SMILES string of the molecule is CCCOc1nc(NCC)nc(NCC2CCOCC2)n1. The molecule has 1 aromatic rings. The number of nitrogens with one attached hydrogen (secondary N) is 2. The van der Waals surface area contributed by atoms with Crippen LogP contribution in [0.2, 0.25) is 0 Å². The van der Waals surface area contributed by atoms with Crippen LogP contribution in [0, 0.1) is 5.92 Å². The Labute approximate surface area is 125 Å². The number of ether oxygens (including phenoxy) is 2. The van der Waals surface area contributed by atoms with Crippen molar-refractivity contribution < 1.29 is 9.47 Å². The minimum absolute atomic E-state index is 0.372. The van der Waals surface area contributed by atoms with Crippen LogP contribution in [-0.2, 0) is 4.74 Å². The van der Waals surface area contributed by atoms with Crippen LogP contribution in [0.15, 0.2) is 0 Å². The molecule has 2 heterocycles. The van der Waals surface area contributed by atoms with Gasteiger partial charge in [0.05, 0.1) is 6.61 Å². The highest BCUT2D eigenvalue weighted by Gasteiger charge is 2.14. The second kappa shape index (κ2) is 8.61. The van der Waals surface area contributed by atoms with E-state index in [0.29, 0.717) is 30.4 Å². The minimum atomic E-state index is 0.372. The van der Waals surface area contributed by atoms with E-state index in [4.69, 9.17) is 9.47 Å². The lowest BCUT2D eigenvalue weighted by atomic mass is 10.0. The molecule has 1 aliphatic rings. The Balaban J connectivity index is 1.96. The average molecular weight is 295 g/mol. The lowest BCUT2D eigenvalue weighted by molar-refractivity contribution is 0.0699. The third kappa shape index (κ3) is 5.34. The molecule has 7 nitrogen and oxygen atoms in total. The van der Waals surface area contributed by atoms with E-state index < -0.39 is 0 Å². The van der Waals surface area contributed by atoms with Gasteiger partial charge in [0.15, 0.2) is 0 Å². The van der Waals surface area contributed by atoms with Crippen molar-refractivity contribution in [2.75, 3.05) is 43.5 Å². The van der Waals surface area contributed by atoms with E-state index >= 15 is 0 Å². The van der Waals surface area contributed by atoms with Crippen LogP contribution in [0.25, 0.3) is 0 Å². The number of rotatable bonds is 8. The summed E-state index contributed by atoms with van der Waals surface area (Å²) in [5.41, 5.74) is 0. The van der Waals surface area contributed by atoms with E-state index in [2.05, 4.69) is 32.5 Å². The molecule has 0 aromatic carbocycles. The maximum absolute atomic E-state index is 5.51. The monoisotopic (exact) mass is 295 g/mol. The lowest BCUT2D eigenvalue weighted by Crippen LogP contribution is -2.23. The number of aromatic nitrogens is 3. The van der Waals surface area contributed by atoms with Gasteiger partial charge < -0.3 is 20.1 Å². The number of anilines is 2. The summed E-state index contributed by atoms with van der Waals surface area (Å²) in [4.78, 5) is 12.9. The zero-order valence-corrected chi connectivity index (χ0v) is 12.9. The van der Waals surface area contributed by atoms with E-state index in [1.807, 2.05) is 6.92 Å². The highest BCUT2D eigenvalue weighted by atomic mass is 16.5. The topological polar surface area (TPSA) is 81.2 Å². The first-order valence-corrected chi connectivity index (χ1v) is 7.76. The molecule has 0 atom stereocenters. The molecule has 1 aromatic heterocycles. The molecule has 0 saturated carbocycles. The van der Waals surface area contributed by atoms with Gasteiger partial charge in [0.25, 0.3) is 0 Å². The summed E-state index contributed by atoms with van der Waals surface area (Å²) in [6.45, 7) is 7.97. The molecule has 118 valence electrons. The van der Waals surface area contributed by atoms with E-state index in [-0.39, 0.29) is 0 Å². The molecule has 2 N–H and O–H groups in total. The minimum Gasteiger partial charge on any atom is -0.463 e. The van der Waals surface area contributed by atoms with Crippen molar-refractivity contribution in [1.82, 2.24) is 15.0 Å². The van der Waals surface area contributed by atoms with Crippen molar-refractivity contribution in [2.45, 2.75) is 33.1 Å². The van der Waals surface area contributed by atoms with E-state index in [1.165, 1.54) is 0 Å². The number of hydrogen-bond donors (Lipinski definition) is 2. The van der Waals surface area contributed by atoms with Gasteiger partial charge in [0.2, 0.25) is 11.9 Å². The highest BCUT2D eigenvalue weighted by Crippen LogP contribution is 2.16. The normalized spacial score (nSPS) is 15.7. The van der Waals surface area contributed by atoms with Gasteiger partial charge in [-0.3, -0.25) is 0 Å². The van der Waals surface area contributed by atoms with Crippen LogP contribution in [0.3, 0.4) is 0 Å². The Hall–Kier alpha value is -1.63. The van der Waals surface area contributed by atoms with Crippen LogP contribution in [0.4, 0.5) is 11.9 Å². The fraction of sp³-hybridized carbons (Fsp3) is 0.786. The molecule has 1 aliphatic heterocycles. The van der Waals surface area contributed by atoms with Gasteiger partial charge in [-0.05, 0) is 32.1 Å². The smallest absolute Gasteiger partial charge is 0.323 e. The summed E-state index contributed by atoms with van der Waals surface area (Å²) >= 11 is 0. The quantitative estimate of drug-likeness (QED) is 0.758. The first-order chi connectivity index (χ1) is 10.3. The third-order valence-electron chi connectivity index (χ3n) is 3.27. The van der Waals surface area contributed by atoms with Crippen LogP contribution in [0.1, 0.15) is 33.1 Å². The first kappa shape index (κ1) is 15.8. The van der Waals surface area contributed by atoms with Gasteiger partial charge >= 0.3 is 6.01 Å². The first-order valence-electron chi connectivity index (χ1n) is 7.76. The molecule has 0 bridgehead atoms. The molecule has 0 aliphatic carbocycles.